The molecule has 0 heterocycles. The average Bonchev–Trinajstić information content (AvgIpc) is 3.41. The fourth-order valence-corrected chi connectivity index (χ4v) is 16.3. The minimum absolute atomic E-state index is 0.0363. The minimum atomic E-state index is -3.09. The molecule has 0 unspecified atom stereocenters. The first-order valence-electron chi connectivity index (χ1n) is 24.4. The topological polar surface area (TPSA) is 26.3 Å². The van der Waals surface area contributed by atoms with Gasteiger partial charge in [0.05, 0.1) is 5.41 Å². The second kappa shape index (κ2) is 17.8. The lowest BCUT2D eigenvalue weighted by Gasteiger charge is -2.56. The molecule has 0 atom stereocenters. The van der Waals surface area contributed by atoms with Gasteiger partial charge in [0.2, 0.25) is 0 Å². The molecule has 9 aromatic carbocycles. The summed E-state index contributed by atoms with van der Waals surface area (Å²) in [6.07, 6.45) is 6.40. The van der Waals surface area contributed by atoms with Crippen molar-refractivity contribution >= 4 is 16.3 Å². The van der Waals surface area contributed by atoms with E-state index in [0.717, 1.165) is 101 Å². The third-order valence-corrected chi connectivity index (χ3v) is 18.4. The molecular weight excluding hydrogens is 845 g/mol. The van der Waals surface area contributed by atoms with Crippen LogP contribution in [0.25, 0.3) is 66.8 Å². The second-order valence-corrected chi connectivity index (χ2v) is 22.0. The van der Waals surface area contributed by atoms with Crippen LogP contribution in [0, 0.1) is 23.2 Å². The van der Waals surface area contributed by atoms with E-state index in [0.29, 0.717) is 17.8 Å². The van der Waals surface area contributed by atoms with E-state index in [2.05, 4.69) is 237 Å². The summed E-state index contributed by atoms with van der Waals surface area (Å²) in [7, 11) is -3.09. The fourth-order valence-electron chi connectivity index (χ4n) is 12.4. The maximum Gasteiger partial charge on any atom is 0.323 e. The zero-order chi connectivity index (χ0) is 45.5. The van der Waals surface area contributed by atoms with Crippen molar-refractivity contribution in [3.63, 3.8) is 0 Å². The zero-order valence-corrected chi connectivity index (χ0v) is 39.0. The number of hydrogen-bond donors (Lipinski definition) is 0. The summed E-state index contributed by atoms with van der Waals surface area (Å²) in [6.45, 7) is 0. The molecule has 4 fully saturated rings. The highest BCUT2D eigenvalue weighted by molar-refractivity contribution is 8.30. The van der Waals surface area contributed by atoms with Crippen LogP contribution >= 0.6 is 10.3 Å². The average molecular weight is 899 g/mol. The first-order chi connectivity index (χ1) is 33.5. The van der Waals surface area contributed by atoms with Crippen LogP contribution in [-0.2, 0) is 8.98 Å². The Labute approximate surface area is 402 Å². The van der Waals surface area contributed by atoms with Crippen LogP contribution in [0.2, 0.25) is 0 Å². The third kappa shape index (κ3) is 7.60. The van der Waals surface area contributed by atoms with Gasteiger partial charge in [-0.15, -0.1) is 0 Å². The van der Waals surface area contributed by atoms with Crippen molar-refractivity contribution in [2.24, 2.45) is 23.2 Å². The highest BCUT2D eigenvalue weighted by atomic mass is 32.3. The van der Waals surface area contributed by atoms with E-state index in [1.807, 2.05) is 0 Å². The SMILES string of the molecule is O=C(OS(c1ccccc1)(c1c(-c2ccccc2)cc(-c2ccccc2)cc1-c1ccccc1)c1c(-c2ccccc2)cc(-c2ccccc2)cc1-c1ccccc1)C12CC3CC(CC(C3)C1)C2. The Kier molecular flexibility index (Phi) is 11.0. The van der Waals surface area contributed by atoms with Gasteiger partial charge in [-0.3, -0.25) is 4.79 Å². The van der Waals surface area contributed by atoms with Crippen LogP contribution in [0.3, 0.4) is 0 Å². The van der Waals surface area contributed by atoms with Gasteiger partial charge in [0.15, 0.2) is 0 Å². The Bertz CT molecular complexity index is 2880. The first kappa shape index (κ1) is 42.2. The largest absolute Gasteiger partial charge is 0.401 e. The summed E-state index contributed by atoms with van der Waals surface area (Å²) >= 11 is 0. The molecule has 332 valence electrons. The van der Waals surface area contributed by atoms with Crippen molar-refractivity contribution in [1.29, 1.82) is 0 Å². The molecule has 0 radical (unpaired) electrons. The lowest BCUT2D eigenvalue weighted by molar-refractivity contribution is -0.160. The maximum absolute atomic E-state index is 16.6. The Morgan fingerprint density at radius 2 is 0.618 bits per heavy atom. The number of benzene rings is 9. The maximum atomic E-state index is 16.6. The van der Waals surface area contributed by atoms with E-state index in [-0.39, 0.29) is 5.97 Å². The van der Waals surface area contributed by atoms with Crippen molar-refractivity contribution in [3.05, 3.63) is 237 Å². The summed E-state index contributed by atoms with van der Waals surface area (Å²) in [5.41, 5.74) is 12.4. The van der Waals surface area contributed by atoms with Gasteiger partial charge in [-0.25, -0.2) is 0 Å². The van der Waals surface area contributed by atoms with Crippen LogP contribution < -0.4 is 0 Å². The predicted octanol–water partition coefficient (Wildman–Crippen LogP) is 17.6. The van der Waals surface area contributed by atoms with E-state index < -0.39 is 15.7 Å². The molecular formula is C65H54O2S. The molecule has 68 heavy (non-hydrogen) atoms. The van der Waals surface area contributed by atoms with Gasteiger partial charge < -0.3 is 4.18 Å². The van der Waals surface area contributed by atoms with E-state index in [1.165, 1.54) is 19.3 Å². The molecule has 0 amide bonds. The zero-order valence-electron chi connectivity index (χ0n) is 38.2. The molecule has 3 heteroatoms. The summed E-state index contributed by atoms with van der Waals surface area (Å²) < 4.78 is 8.27. The van der Waals surface area contributed by atoms with Crippen molar-refractivity contribution in [3.8, 4) is 66.8 Å². The normalized spacial score (nSPS) is 19.6. The Morgan fingerprint density at radius 1 is 0.353 bits per heavy atom. The van der Waals surface area contributed by atoms with Crippen molar-refractivity contribution in [1.82, 2.24) is 0 Å². The van der Waals surface area contributed by atoms with Crippen molar-refractivity contribution < 1.29 is 8.98 Å². The second-order valence-electron chi connectivity index (χ2n) is 19.4. The van der Waals surface area contributed by atoms with Crippen LogP contribution in [0.4, 0.5) is 0 Å². The Balaban J connectivity index is 1.29. The molecule has 2 nitrogen and oxygen atoms in total. The molecule has 0 N–H and O–H groups in total. The minimum Gasteiger partial charge on any atom is -0.401 e. The Hall–Kier alpha value is -7.20. The fraction of sp³-hybridized carbons (Fsp3) is 0.154. The standard InChI is InChI=1S/C65H54O2S/c66-64(65-43-46-36-47(44-65)38-48(37-46)45-65)67-68(57-34-20-7-21-35-57,62-58(51-26-12-3-13-27-51)39-55(49-22-8-1-9-23-49)40-59(62)52-28-14-4-15-29-52)63-60(53-30-16-5-17-31-53)41-56(50-24-10-2-11-25-50)42-61(63)54-32-18-6-19-33-54/h1-35,39-42,46-48H,36-38,43-45H2. The van der Waals surface area contributed by atoms with Gasteiger partial charge in [0.25, 0.3) is 0 Å². The molecule has 4 bridgehead atoms. The molecule has 4 aliphatic rings. The van der Waals surface area contributed by atoms with Gasteiger partial charge >= 0.3 is 5.97 Å². The highest BCUT2D eigenvalue weighted by Gasteiger charge is 2.57. The van der Waals surface area contributed by atoms with Gasteiger partial charge in [0.1, 0.15) is 0 Å². The quantitative estimate of drug-likeness (QED) is 0.129. The third-order valence-electron chi connectivity index (χ3n) is 15.1. The van der Waals surface area contributed by atoms with Crippen LogP contribution in [0.15, 0.2) is 251 Å². The smallest absolute Gasteiger partial charge is 0.323 e. The molecule has 13 rings (SSSR count). The summed E-state index contributed by atoms with van der Waals surface area (Å²) in [5.74, 6) is 1.64. The van der Waals surface area contributed by atoms with Gasteiger partial charge in [-0.1, -0.05) is 200 Å². The van der Waals surface area contributed by atoms with Crippen LogP contribution in [0.5, 0.6) is 0 Å². The number of rotatable bonds is 11. The van der Waals surface area contributed by atoms with E-state index in [1.54, 1.807) is 0 Å². The highest BCUT2D eigenvalue weighted by Crippen LogP contribution is 2.77. The monoisotopic (exact) mass is 898 g/mol. The van der Waals surface area contributed by atoms with E-state index in [9.17, 15) is 0 Å². The van der Waals surface area contributed by atoms with Crippen molar-refractivity contribution in [2.45, 2.75) is 53.2 Å². The van der Waals surface area contributed by atoms with Gasteiger partial charge in [-0.05, 0) is 170 Å². The molecule has 0 saturated heterocycles. The van der Waals surface area contributed by atoms with E-state index >= 15 is 4.79 Å². The molecule has 0 aromatic heterocycles. The Morgan fingerprint density at radius 3 is 0.912 bits per heavy atom. The summed E-state index contributed by atoms with van der Waals surface area (Å²) in [5, 5.41) is 0. The number of carbonyl (C=O) groups excluding carboxylic acids is 1. The van der Waals surface area contributed by atoms with E-state index in [4.69, 9.17) is 4.18 Å². The lowest BCUT2D eigenvalue weighted by atomic mass is 9.49. The molecule has 4 aliphatic carbocycles. The lowest BCUT2D eigenvalue weighted by Crippen LogP contribution is -2.50. The number of carbonyl (C=O) groups is 1. The van der Waals surface area contributed by atoms with Crippen LogP contribution in [-0.4, -0.2) is 5.97 Å². The van der Waals surface area contributed by atoms with Crippen molar-refractivity contribution in [2.75, 3.05) is 0 Å². The summed E-state index contributed by atoms with van der Waals surface area (Å²) in [4.78, 5) is 19.6. The van der Waals surface area contributed by atoms with Crippen LogP contribution in [0.1, 0.15) is 38.5 Å². The predicted molar refractivity (Wildman–Crippen MR) is 281 cm³/mol. The molecule has 4 saturated carbocycles. The molecule has 9 aromatic rings. The van der Waals surface area contributed by atoms with Gasteiger partial charge in [0, 0.05) is 14.7 Å². The number of hydrogen-bond acceptors (Lipinski definition) is 2. The molecule has 0 aliphatic heterocycles. The molecule has 0 spiro atoms. The van der Waals surface area contributed by atoms with Gasteiger partial charge in [-0.2, -0.15) is 0 Å². The first-order valence-corrected chi connectivity index (χ1v) is 25.9. The summed E-state index contributed by atoms with van der Waals surface area (Å²) in [6, 6.07) is 85.1.